The van der Waals surface area contributed by atoms with E-state index in [2.05, 4.69) is 6.07 Å². The van der Waals surface area contributed by atoms with E-state index in [1.54, 1.807) is 0 Å². The Labute approximate surface area is 103 Å². The zero-order valence-corrected chi connectivity index (χ0v) is 10.4. The molecular weight excluding hydrogens is 214 g/mol. The minimum absolute atomic E-state index is 0.335. The minimum atomic E-state index is -0.712. The van der Waals surface area contributed by atoms with Gasteiger partial charge in [-0.05, 0) is 31.0 Å². The Bertz CT molecular complexity index is 367. The monoisotopic (exact) mass is 233 g/mol. The fourth-order valence-electron chi connectivity index (χ4n) is 1.76. The smallest absolute Gasteiger partial charge is 0.119 e. The molecule has 0 aliphatic heterocycles. The van der Waals surface area contributed by atoms with E-state index in [4.69, 9.17) is 10.00 Å². The van der Waals surface area contributed by atoms with Gasteiger partial charge in [0.25, 0.3) is 0 Å². The average molecular weight is 233 g/mol. The Morgan fingerprint density at radius 3 is 2.41 bits per heavy atom. The van der Waals surface area contributed by atoms with Gasteiger partial charge < -0.3 is 9.84 Å². The third-order valence-corrected chi connectivity index (χ3v) is 2.68. The van der Waals surface area contributed by atoms with E-state index in [9.17, 15) is 5.11 Å². The molecule has 0 aliphatic carbocycles. The highest BCUT2D eigenvalue weighted by molar-refractivity contribution is 5.29. The molecule has 1 aromatic rings. The number of nitrogens with zero attached hydrogens (tertiary/aromatic N) is 1. The topological polar surface area (TPSA) is 53.2 Å². The van der Waals surface area contributed by atoms with Gasteiger partial charge in [0.2, 0.25) is 0 Å². The van der Waals surface area contributed by atoms with Crippen LogP contribution in [-0.4, -0.2) is 11.7 Å². The van der Waals surface area contributed by atoms with Gasteiger partial charge in [-0.3, -0.25) is 0 Å². The highest BCUT2D eigenvalue weighted by atomic mass is 16.5. The fraction of sp³-hybridized carbons (Fsp3) is 0.500. The van der Waals surface area contributed by atoms with Crippen LogP contribution in [0.1, 0.15) is 38.4 Å². The quantitative estimate of drug-likeness (QED) is 0.821. The lowest BCUT2D eigenvalue weighted by Crippen LogP contribution is -2.10. The van der Waals surface area contributed by atoms with Gasteiger partial charge in [0.05, 0.1) is 24.7 Å². The van der Waals surface area contributed by atoms with Crippen LogP contribution in [-0.2, 0) is 0 Å². The number of rotatable bonds is 6. The van der Waals surface area contributed by atoms with E-state index < -0.39 is 6.10 Å². The molecule has 0 radical (unpaired) electrons. The van der Waals surface area contributed by atoms with Gasteiger partial charge in [0.15, 0.2) is 0 Å². The molecule has 3 nitrogen and oxygen atoms in total. The number of aliphatic hydroxyl groups excluding tert-OH is 1. The summed E-state index contributed by atoms with van der Waals surface area (Å²) in [6.07, 6.45) is 0.896. The molecule has 0 saturated heterocycles. The Morgan fingerprint density at radius 1 is 1.29 bits per heavy atom. The molecule has 2 unspecified atom stereocenters. The molecule has 2 atom stereocenters. The van der Waals surface area contributed by atoms with E-state index in [1.165, 1.54) is 0 Å². The van der Waals surface area contributed by atoms with E-state index in [-0.39, 0.29) is 5.92 Å². The van der Waals surface area contributed by atoms with E-state index in [1.807, 2.05) is 38.1 Å². The molecule has 3 heteroatoms. The highest BCUT2D eigenvalue weighted by Crippen LogP contribution is 2.26. The van der Waals surface area contributed by atoms with Crippen molar-refractivity contribution in [2.45, 2.75) is 32.8 Å². The molecule has 0 fully saturated rings. The molecule has 1 rings (SSSR count). The molecule has 0 spiro atoms. The van der Waals surface area contributed by atoms with Gasteiger partial charge in [-0.25, -0.2) is 0 Å². The summed E-state index contributed by atoms with van der Waals surface area (Å²) in [6, 6.07) is 9.43. The number of hydrogen-bond donors (Lipinski definition) is 1. The molecule has 0 aliphatic rings. The predicted molar refractivity (Wildman–Crippen MR) is 66.6 cm³/mol. The molecular formula is C14H19NO2. The lowest BCUT2D eigenvalue weighted by atomic mass is 9.93. The Kier molecular flexibility index (Phi) is 5.51. The van der Waals surface area contributed by atoms with Crippen LogP contribution >= 0.6 is 0 Å². The van der Waals surface area contributed by atoms with E-state index >= 15 is 0 Å². The lowest BCUT2D eigenvalue weighted by Gasteiger charge is -2.16. The first-order valence-electron chi connectivity index (χ1n) is 6.03. The van der Waals surface area contributed by atoms with Gasteiger partial charge in [0.1, 0.15) is 5.75 Å². The molecule has 0 aromatic heterocycles. The normalized spacial score (nSPS) is 13.8. The molecule has 0 heterocycles. The number of benzene rings is 1. The largest absolute Gasteiger partial charge is 0.494 e. The summed E-state index contributed by atoms with van der Waals surface area (Å²) in [5.74, 6) is 0.449. The summed E-state index contributed by atoms with van der Waals surface area (Å²) < 4.78 is 5.33. The molecule has 92 valence electrons. The van der Waals surface area contributed by atoms with Gasteiger partial charge in [0, 0.05) is 0 Å². The van der Waals surface area contributed by atoms with E-state index in [0.29, 0.717) is 13.0 Å². The zero-order valence-electron chi connectivity index (χ0n) is 10.4. The molecule has 1 N–H and O–H groups in total. The summed E-state index contributed by atoms with van der Waals surface area (Å²) in [4.78, 5) is 0. The van der Waals surface area contributed by atoms with Crippen LogP contribution in [0.25, 0.3) is 0 Å². The zero-order chi connectivity index (χ0) is 12.7. The summed E-state index contributed by atoms with van der Waals surface area (Å²) in [5.41, 5.74) is 0.772. The van der Waals surface area contributed by atoms with E-state index in [0.717, 1.165) is 17.7 Å². The second kappa shape index (κ2) is 6.93. The Balaban J connectivity index is 2.74. The second-order valence-corrected chi connectivity index (χ2v) is 3.97. The number of hydrogen-bond acceptors (Lipinski definition) is 3. The maximum atomic E-state index is 10.1. The van der Waals surface area contributed by atoms with Crippen LogP contribution in [0.3, 0.4) is 0 Å². The number of ether oxygens (including phenoxy) is 1. The van der Waals surface area contributed by atoms with Crippen molar-refractivity contribution in [2.75, 3.05) is 6.61 Å². The maximum Gasteiger partial charge on any atom is 0.119 e. The first kappa shape index (κ1) is 13.5. The van der Waals surface area contributed by atoms with Crippen molar-refractivity contribution < 1.29 is 9.84 Å². The van der Waals surface area contributed by atoms with Crippen LogP contribution < -0.4 is 4.74 Å². The van der Waals surface area contributed by atoms with Gasteiger partial charge in [-0.15, -0.1) is 0 Å². The third kappa shape index (κ3) is 3.76. The predicted octanol–water partition coefficient (Wildman–Crippen LogP) is 3.06. The summed E-state index contributed by atoms with van der Waals surface area (Å²) in [5, 5.41) is 19.1. The molecule has 1 aromatic carbocycles. The second-order valence-electron chi connectivity index (χ2n) is 3.97. The van der Waals surface area contributed by atoms with Gasteiger partial charge in [-0.1, -0.05) is 25.5 Å². The number of aliphatic hydroxyl groups is 1. The van der Waals surface area contributed by atoms with Crippen molar-refractivity contribution >= 4 is 0 Å². The minimum Gasteiger partial charge on any atom is -0.494 e. The van der Waals surface area contributed by atoms with Crippen LogP contribution in [0.4, 0.5) is 0 Å². The Morgan fingerprint density at radius 2 is 1.94 bits per heavy atom. The Hall–Kier alpha value is -1.53. The lowest BCUT2D eigenvalue weighted by molar-refractivity contribution is 0.130. The van der Waals surface area contributed by atoms with Crippen molar-refractivity contribution in [3.8, 4) is 11.8 Å². The van der Waals surface area contributed by atoms with Crippen LogP contribution in [0.15, 0.2) is 24.3 Å². The maximum absolute atomic E-state index is 10.1. The highest BCUT2D eigenvalue weighted by Gasteiger charge is 2.19. The van der Waals surface area contributed by atoms with Crippen LogP contribution in [0.5, 0.6) is 5.75 Å². The summed E-state index contributed by atoms with van der Waals surface area (Å²) >= 11 is 0. The van der Waals surface area contributed by atoms with Crippen molar-refractivity contribution in [1.29, 1.82) is 5.26 Å². The SMILES string of the molecule is CCCC(C#N)C(O)c1ccc(OCC)cc1. The van der Waals surface area contributed by atoms with Crippen LogP contribution in [0.2, 0.25) is 0 Å². The molecule has 0 amide bonds. The van der Waals surface area contributed by atoms with Crippen molar-refractivity contribution in [2.24, 2.45) is 5.92 Å². The fourth-order valence-corrected chi connectivity index (χ4v) is 1.76. The molecule has 17 heavy (non-hydrogen) atoms. The number of nitriles is 1. The molecule has 0 bridgehead atoms. The van der Waals surface area contributed by atoms with Crippen molar-refractivity contribution in [3.05, 3.63) is 29.8 Å². The first-order chi connectivity index (χ1) is 8.22. The summed E-state index contributed by atoms with van der Waals surface area (Å²) in [7, 11) is 0. The van der Waals surface area contributed by atoms with Crippen molar-refractivity contribution in [3.63, 3.8) is 0 Å². The van der Waals surface area contributed by atoms with Crippen molar-refractivity contribution in [1.82, 2.24) is 0 Å². The van der Waals surface area contributed by atoms with Gasteiger partial charge >= 0.3 is 0 Å². The van der Waals surface area contributed by atoms with Gasteiger partial charge in [-0.2, -0.15) is 5.26 Å². The van der Waals surface area contributed by atoms with Crippen LogP contribution in [0, 0.1) is 17.2 Å². The average Bonchev–Trinajstić information content (AvgIpc) is 2.36. The summed E-state index contributed by atoms with van der Waals surface area (Å²) in [6.45, 7) is 4.56. The standard InChI is InChI=1S/C14H19NO2/c1-3-5-12(10-15)14(16)11-6-8-13(9-7-11)17-4-2/h6-9,12,14,16H,3-5H2,1-2H3. The molecule has 0 saturated carbocycles. The first-order valence-corrected chi connectivity index (χ1v) is 6.03. The third-order valence-electron chi connectivity index (χ3n) is 2.68.